The maximum atomic E-state index is 11.7. The van der Waals surface area contributed by atoms with Crippen molar-refractivity contribution in [2.45, 2.75) is 38.5 Å². The Bertz CT molecular complexity index is 466. The zero-order chi connectivity index (χ0) is 12.7. The standard InChI is InChI=1S/C13H15NO4/c1-7-5-11(18-13(7)16)17-6-9-8-3-2-4-10(8)14-12(9)15/h5-6,8,10-11H,2-4H2,1H3,(H,14,15)/b9-6+/t8-,10-,11-/m1/s1. The van der Waals surface area contributed by atoms with E-state index < -0.39 is 6.29 Å². The van der Waals surface area contributed by atoms with Crippen LogP contribution in [0.25, 0.3) is 0 Å². The topological polar surface area (TPSA) is 64.6 Å². The van der Waals surface area contributed by atoms with Crippen LogP contribution in [-0.2, 0) is 19.1 Å². The predicted octanol–water partition coefficient (Wildman–Crippen LogP) is 1.01. The molecule has 96 valence electrons. The van der Waals surface area contributed by atoms with Crippen molar-refractivity contribution in [2.24, 2.45) is 5.92 Å². The number of fused-ring (bicyclic) bond motifs is 1. The number of rotatable bonds is 2. The zero-order valence-electron chi connectivity index (χ0n) is 10.1. The van der Waals surface area contributed by atoms with Gasteiger partial charge in [0.15, 0.2) is 0 Å². The minimum absolute atomic E-state index is 0.0604. The minimum atomic E-state index is -0.696. The van der Waals surface area contributed by atoms with Crippen molar-refractivity contribution < 1.29 is 19.1 Å². The number of amides is 1. The Balaban J connectivity index is 1.69. The fraction of sp³-hybridized carbons (Fsp3) is 0.538. The Kier molecular flexibility index (Phi) is 2.61. The number of hydrogen-bond donors (Lipinski definition) is 1. The van der Waals surface area contributed by atoms with E-state index in [1.165, 1.54) is 6.26 Å². The monoisotopic (exact) mass is 249 g/mol. The second-order valence-electron chi connectivity index (χ2n) is 4.95. The fourth-order valence-electron chi connectivity index (χ4n) is 2.78. The molecular formula is C13H15NO4. The van der Waals surface area contributed by atoms with Crippen LogP contribution < -0.4 is 5.32 Å². The zero-order valence-corrected chi connectivity index (χ0v) is 10.1. The SMILES string of the molecule is CC1=C[C@H](O/C=C2/C(=O)N[C@@H]3CCC[C@H]23)OC1=O. The van der Waals surface area contributed by atoms with Gasteiger partial charge in [0.05, 0.1) is 11.8 Å². The summed E-state index contributed by atoms with van der Waals surface area (Å²) in [5.74, 6) is -0.178. The lowest BCUT2D eigenvalue weighted by Crippen LogP contribution is -2.25. The lowest BCUT2D eigenvalue weighted by Gasteiger charge is -2.10. The highest BCUT2D eigenvalue weighted by atomic mass is 16.7. The van der Waals surface area contributed by atoms with Gasteiger partial charge in [-0.15, -0.1) is 0 Å². The molecule has 18 heavy (non-hydrogen) atoms. The van der Waals surface area contributed by atoms with E-state index in [-0.39, 0.29) is 23.8 Å². The quantitative estimate of drug-likeness (QED) is 0.451. The van der Waals surface area contributed by atoms with Crippen LogP contribution >= 0.6 is 0 Å². The predicted molar refractivity (Wildman–Crippen MR) is 62.1 cm³/mol. The molecule has 1 amide bonds. The first-order valence-corrected chi connectivity index (χ1v) is 6.21. The number of nitrogens with one attached hydrogen (secondary N) is 1. The minimum Gasteiger partial charge on any atom is -0.458 e. The first-order valence-electron chi connectivity index (χ1n) is 6.21. The molecule has 0 radical (unpaired) electrons. The van der Waals surface area contributed by atoms with E-state index in [2.05, 4.69) is 5.32 Å². The van der Waals surface area contributed by atoms with Crippen molar-refractivity contribution in [3.05, 3.63) is 23.5 Å². The van der Waals surface area contributed by atoms with Crippen molar-refractivity contribution in [1.82, 2.24) is 5.32 Å². The second-order valence-corrected chi connectivity index (χ2v) is 4.95. The summed E-state index contributed by atoms with van der Waals surface area (Å²) in [4.78, 5) is 22.9. The number of esters is 1. The Morgan fingerprint density at radius 3 is 3.00 bits per heavy atom. The van der Waals surface area contributed by atoms with Crippen molar-refractivity contribution >= 4 is 11.9 Å². The van der Waals surface area contributed by atoms with E-state index >= 15 is 0 Å². The summed E-state index contributed by atoms with van der Waals surface area (Å²) in [6.07, 6.45) is 5.54. The van der Waals surface area contributed by atoms with Crippen LogP contribution in [0.4, 0.5) is 0 Å². The number of hydrogen-bond acceptors (Lipinski definition) is 4. The highest BCUT2D eigenvalue weighted by molar-refractivity contribution is 5.96. The highest BCUT2D eigenvalue weighted by Crippen LogP contribution is 2.36. The van der Waals surface area contributed by atoms with Gasteiger partial charge in [-0.1, -0.05) is 6.42 Å². The Morgan fingerprint density at radius 1 is 1.44 bits per heavy atom. The molecular weight excluding hydrogens is 234 g/mol. The molecule has 0 bridgehead atoms. The summed E-state index contributed by atoms with van der Waals surface area (Å²) < 4.78 is 10.3. The molecule has 0 aromatic rings. The smallest absolute Gasteiger partial charge is 0.336 e. The lowest BCUT2D eigenvalue weighted by molar-refractivity contribution is -0.152. The molecule has 2 aliphatic heterocycles. The average Bonchev–Trinajstić information content (AvgIpc) is 2.94. The van der Waals surface area contributed by atoms with Gasteiger partial charge >= 0.3 is 5.97 Å². The molecule has 0 aromatic carbocycles. The first kappa shape index (κ1) is 11.3. The van der Waals surface area contributed by atoms with Gasteiger partial charge in [0.25, 0.3) is 12.2 Å². The maximum absolute atomic E-state index is 11.7. The molecule has 2 fully saturated rings. The van der Waals surface area contributed by atoms with E-state index in [1.54, 1.807) is 13.0 Å². The molecule has 5 heteroatoms. The summed E-state index contributed by atoms with van der Waals surface area (Å²) >= 11 is 0. The molecule has 2 heterocycles. The van der Waals surface area contributed by atoms with E-state index in [0.29, 0.717) is 11.1 Å². The van der Waals surface area contributed by atoms with Gasteiger partial charge in [-0.2, -0.15) is 0 Å². The summed E-state index contributed by atoms with van der Waals surface area (Å²) in [6, 6.07) is 0.260. The van der Waals surface area contributed by atoms with Crippen molar-refractivity contribution in [1.29, 1.82) is 0 Å². The second kappa shape index (κ2) is 4.15. The third kappa shape index (κ3) is 1.79. The third-order valence-corrected chi connectivity index (χ3v) is 3.75. The number of cyclic esters (lactones) is 1. The first-order chi connectivity index (χ1) is 8.65. The molecule has 1 saturated carbocycles. The average molecular weight is 249 g/mol. The summed E-state index contributed by atoms with van der Waals surface area (Å²) in [6.45, 7) is 1.67. The Hall–Kier alpha value is -1.78. The number of ether oxygens (including phenoxy) is 2. The normalized spacial score (nSPS) is 36.4. The molecule has 3 rings (SSSR count). The van der Waals surface area contributed by atoms with Crippen LogP contribution in [0.3, 0.4) is 0 Å². The van der Waals surface area contributed by atoms with Crippen LogP contribution in [0.2, 0.25) is 0 Å². The Labute approximate surface area is 105 Å². The van der Waals surface area contributed by atoms with Gasteiger partial charge in [0, 0.05) is 23.6 Å². The summed E-state index contributed by atoms with van der Waals surface area (Å²) in [5.41, 5.74) is 1.21. The molecule has 0 unspecified atom stereocenters. The molecule has 3 aliphatic rings. The van der Waals surface area contributed by atoms with E-state index in [1.807, 2.05) is 0 Å². The third-order valence-electron chi connectivity index (χ3n) is 3.75. The van der Waals surface area contributed by atoms with Crippen molar-refractivity contribution in [2.75, 3.05) is 0 Å². The lowest BCUT2D eigenvalue weighted by atomic mass is 10.00. The molecule has 1 N–H and O–H groups in total. The molecule has 1 saturated heterocycles. The fourth-order valence-corrected chi connectivity index (χ4v) is 2.78. The van der Waals surface area contributed by atoms with Crippen LogP contribution in [0, 0.1) is 5.92 Å². The van der Waals surface area contributed by atoms with E-state index in [9.17, 15) is 9.59 Å². The van der Waals surface area contributed by atoms with Crippen LogP contribution in [0.15, 0.2) is 23.5 Å². The van der Waals surface area contributed by atoms with Crippen LogP contribution in [0.1, 0.15) is 26.2 Å². The van der Waals surface area contributed by atoms with Gasteiger partial charge < -0.3 is 14.8 Å². The molecule has 0 spiro atoms. The van der Waals surface area contributed by atoms with E-state index in [0.717, 1.165) is 19.3 Å². The van der Waals surface area contributed by atoms with Gasteiger partial charge in [-0.3, -0.25) is 4.79 Å². The van der Waals surface area contributed by atoms with Crippen LogP contribution in [-0.4, -0.2) is 24.2 Å². The van der Waals surface area contributed by atoms with Crippen molar-refractivity contribution in [3.8, 4) is 0 Å². The summed E-state index contributed by atoms with van der Waals surface area (Å²) in [7, 11) is 0. The van der Waals surface area contributed by atoms with Gasteiger partial charge in [-0.05, 0) is 19.8 Å². The molecule has 3 atom stereocenters. The summed E-state index contributed by atoms with van der Waals surface area (Å²) in [5, 5.41) is 2.95. The Morgan fingerprint density at radius 2 is 2.28 bits per heavy atom. The maximum Gasteiger partial charge on any atom is 0.336 e. The van der Waals surface area contributed by atoms with Crippen LogP contribution in [0.5, 0.6) is 0 Å². The molecule has 0 aromatic heterocycles. The highest BCUT2D eigenvalue weighted by Gasteiger charge is 2.40. The van der Waals surface area contributed by atoms with Crippen molar-refractivity contribution in [3.63, 3.8) is 0 Å². The number of carbonyl (C=O) groups excluding carboxylic acids is 2. The largest absolute Gasteiger partial charge is 0.458 e. The number of carbonyl (C=O) groups is 2. The molecule has 5 nitrogen and oxygen atoms in total. The van der Waals surface area contributed by atoms with E-state index in [4.69, 9.17) is 9.47 Å². The van der Waals surface area contributed by atoms with Gasteiger partial charge in [0.1, 0.15) is 0 Å². The van der Waals surface area contributed by atoms with Gasteiger partial charge in [0.2, 0.25) is 0 Å². The molecule has 1 aliphatic carbocycles. The van der Waals surface area contributed by atoms with Gasteiger partial charge in [-0.25, -0.2) is 4.79 Å².